The van der Waals surface area contributed by atoms with Crippen molar-refractivity contribution in [2.75, 3.05) is 0 Å². The van der Waals surface area contributed by atoms with Gasteiger partial charge in [-0.15, -0.1) is 0 Å². The van der Waals surface area contributed by atoms with E-state index in [0.29, 0.717) is 0 Å². The molecule has 0 saturated heterocycles. The minimum atomic E-state index is -0.763. The highest BCUT2D eigenvalue weighted by Gasteiger charge is 2.20. The Morgan fingerprint density at radius 1 is 1.29 bits per heavy atom. The Balaban J connectivity index is 2.66. The van der Waals surface area contributed by atoms with Crippen molar-refractivity contribution in [1.82, 2.24) is 5.32 Å². The number of hydrogen-bond donors (Lipinski definition) is 2. The highest BCUT2D eigenvalue weighted by atomic mass is 16.4. The van der Waals surface area contributed by atoms with Crippen LogP contribution < -0.4 is 5.32 Å². The van der Waals surface area contributed by atoms with E-state index in [2.05, 4.69) is 37.4 Å². The first-order chi connectivity index (χ1) is 7.91. The molecule has 2 N–H and O–H groups in total. The summed E-state index contributed by atoms with van der Waals surface area (Å²) in [5, 5.41) is 12.3. The van der Waals surface area contributed by atoms with Crippen molar-refractivity contribution in [3.8, 4) is 0 Å². The van der Waals surface area contributed by atoms with Crippen LogP contribution in [0.2, 0.25) is 0 Å². The van der Waals surface area contributed by atoms with Crippen molar-refractivity contribution in [3.05, 3.63) is 35.4 Å². The van der Waals surface area contributed by atoms with Gasteiger partial charge in [0.05, 0.1) is 5.92 Å². The summed E-state index contributed by atoms with van der Waals surface area (Å²) >= 11 is 0. The quantitative estimate of drug-likeness (QED) is 0.825. The second kappa shape index (κ2) is 5.82. The molecule has 3 nitrogen and oxygen atoms in total. The molecule has 0 aliphatic carbocycles. The van der Waals surface area contributed by atoms with Gasteiger partial charge >= 0.3 is 5.97 Å². The summed E-state index contributed by atoms with van der Waals surface area (Å²) in [5.74, 6) is -1.15. The van der Waals surface area contributed by atoms with E-state index in [9.17, 15) is 4.79 Å². The van der Waals surface area contributed by atoms with Crippen molar-refractivity contribution in [2.45, 2.75) is 39.8 Å². The molecule has 1 aromatic carbocycles. The van der Waals surface area contributed by atoms with Crippen LogP contribution in [0.1, 0.15) is 37.9 Å². The van der Waals surface area contributed by atoms with Crippen LogP contribution in [0.25, 0.3) is 0 Å². The van der Waals surface area contributed by atoms with Crippen molar-refractivity contribution >= 4 is 5.97 Å². The molecule has 0 heterocycles. The van der Waals surface area contributed by atoms with Crippen LogP contribution in [-0.2, 0) is 4.79 Å². The van der Waals surface area contributed by atoms with Gasteiger partial charge in [0.2, 0.25) is 0 Å². The molecule has 0 aliphatic rings. The Hall–Kier alpha value is -1.35. The molecule has 0 radical (unpaired) electrons. The molecule has 0 bridgehead atoms. The highest BCUT2D eigenvalue weighted by molar-refractivity contribution is 5.70. The first kappa shape index (κ1) is 13.7. The minimum absolute atomic E-state index is 0.0528. The summed E-state index contributed by atoms with van der Waals surface area (Å²) in [7, 11) is 0. The third-order valence-corrected chi connectivity index (χ3v) is 3.19. The van der Waals surface area contributed by atoms with E-state index in [1.165, 1.54) is 11.1 Å². The fraction of sp³-hybridized carbons (Fsp3) is 0.500. The maximum absolute atomic E-state index is 10.9. The van der Waals surface area contributed by atoms with E-state index in [4.69, 9.17) is 5.11 Å². The van der Waals surface area contributed by atoms with E-state index >= 15 is 0 Å². The lowest BCUT2D eigenvalue weighted by Crippen LogP contribution is -2.37. The van der Waals surface area contributed by atoms with Gasteiger partial charge in [0.15, 0.2) is 0 Å². The molecule has 3 atom stereocenters. The van der Waals surface area contributed by atoms with Gasteiger partial charge < -0.3 is 10.4 Å². The largest absolute Gasteiger partial charge is 0.481 e. The molecular formula is C14H21NO2. The minimum Gasteiger partial charge on any atom is -0.481 e. The standard InChI is InChI=1S/C14H21NO2/c1-9-6-5-7-13(8-9)12(4)15-11(3)10(2)14(16)17/h5-8,10-12,15H,1-4H3,(H,16,17)/t10?,11?,12-/m0/s1. The lowest BCUT2D eigenvalue weighted by molar-refractivity contribution is -0.142. The molecule has 1 aromatic rings. The smallest absolute Gasteiger partial charge is 0.307 e. The fourth-order valence-electron chi connectivity index (χ4n) is 1.79. The Labute approximate surface area is 103 Å². The number of carboxylic acid groups (broad SMARTS) is 1. The van der Waals surface area contributed by atoms with Crippen LogP contribution in [0.3, 0.4) is 0 Å². The van der Waals surface area contributed by atoms with E-state index in [0.717, 1.165) is 0 Å². The van der Waals surface area contributed by atoms with Crippen molar-refractivity contribution in [1.29, 1.82) is 0 Å². The predicted molar refractivity (Wildman–Crippen MR) is 69.0 cm³/mol. The first-order valence-corrected chi connectivity index (χ1v) is 5.97. The zero-order valence-electron chi connectivity index (χ0n) is 10.9. The second-order valence-corrected chi connectivity index (χ2v) is 4.72. The van der Waals surface area contributed by atoms with E-state index < -0.39 is 5.97 Å². The summed E-state index contributed by atoms with van der Waals surface area (Å²) in [6, 6.07) is 8.36. The van der Waals surface area contributed by atoms with E-state index in [1.807, 2.05) is 13.0 Å². The van der Waals surface area contributed by atoms with Gasteiger partial charge in [-0.2, -0.15) is 0 Å². The molecule has 0 aromatic heterocycles. The molecule has 17 heavy (non-hydrogen) atoms. The topological polar surface area (TPSA) is 49.3 Å². The Kier molecular flexibility index (Phi) is 4.70. The van der Waals surface area contributed by atoms with Crippen LogP contribution in [0.4, 0.5) is 0 Å². The molecule has 0 spiro atoms. The number of rotatable bonds is 5. The first-order valence-electron chi connectivity index (χ1n) is 5.97. The third kappa shape index (κ3) is 3.86. The van der Waals surface area contributed by atoms with Gasteiger partial charge in [0.25, 0.3) is 0 Å². The second-order valence-electron chi connectivity index (χ2n) is 4.72. The highest BCUT2D eigenvalue weighted by Crippen LogP contribution is 2.16. The zero-order valence-corrected chi connectivity index (χ0v) is 10.9. The van der Waals surface area contributed by atoms with Crippen LogP contribution in [-0.4, -0.2) is 17.1 Å². The molecule has 0 fully saturated rings. The van der Waals surface area contributed by atoms with Gasteiger partial charge in [-0.05, 0) is 26.3 Å². The van der Waals surface area contributed by atoms with Crippen molar-refractivity contribution in [3.63, 3.8) is 0 Å². The number of benzene rings is 1. The summed E-state index contributed by atoms with van der Waals surface area (Å²) in [5.41, 5.74) is 2.41. The molecule has 1 rings (SSSR count). The lowest BCUT2D eigenvalue weighted by Gasteiger charge is -2.23. The van der Waals surface area contributed by atoms with E-state index in [-0.39, 0.29) is 18.0 Å². The molecule has 94 valence electrons. The summed E-state index contributed by atoms with van der Waals surface area (Å²) in [4.78, 5) is 10.9. The zero-order chi connectivity index (χ0) is 13.0. The Morgan fingerprint density at radius 3 is 2.47 bits per heavy atom. The van der Waals surface area contributed by atoms with Crippen LogP contribution in [0, 0.1) is 12.8 Å². The average molecular weight is 235 g/mol. The third-order valence-electron chi connectivity index (χ3n) is 3.19. The van der Waals surface area contributed by atoms with Crippen LogP contribution in [0.15, 0.2) is 24.3 Å². The fourth-order valence-corrected chi connectivity index (χ4v) is 1.79. The number of nitrogens with one attached hydrogen (secondary N) is 1. The molecule has 2 unspecified atom stereocenters. The van der Waals surface area contributed by atoms with Gasteiger partial charge in [0, 0.05) is 12.1 Å². The number of aliphatic carboxylic acids is 1. The van der Waals surface area contributed by atoms with Gasteiger partial charge in [-0.3, -0.25) is 4.79 Å². The van der Waals surface area contributed by atoms with Crippen molar-refractivity contribution < 1.29 is 9.90 Å². The summed E-state index contributed by atoms with van der Waals surface area (Å²) < 4.78 is 0. The predicted octanol–water partition coefficient (Wildman–Crippen LogP) is 2.75. The summed E-state index contributed by atoms with van der Waals surface area (Å²) in [6.45, 7) is 7.74. The molecule has 0 saturated carbocycles. The number of hydrogen-bond acceptors (Lipinski definition) is 2. The van der Waals surface area contributed by atoms with E-state index in [1.54, 1.807) is 6.92 Å². The molecular weight excluding hydrogens is 214 g/mol. The molecule has 3 heteroatoms. The number of carbonyl (C=O) groups is 1. The van der Waals surface area contributed by atoms with Gasteiger partial charge in [-0.25, -0.2) is 0 Å². The Bertz CT molecular complexity index is 390. The maximum Gasteiger partial charge on any atom is 0.307 e. The Morgan fingerprint density at radius 2 is 1.94 bits per heavy atom. The number of aryl methyl sites for hydroxylation is 1. The number of carboxylic acids is 1. The monoisotopic (exact) mass is 235 g/mol. The lowest BCUT2D eigenvalue weighted by atomic mass is 10.0. The average Bonchev–Trinajstić information content (AvgIpc) is 2.27. The molecule has 0 amide bonds. The van der Waals surface area contributed by atoms with Crippen LogP contribution in [0.5, 0.6) is 0 Å². The van der Waals surface area contributed by atoms with Crippen LogP contribution >= 0.6 is 0 Å². The summed E-state index contributed by atoms with van der Waals surface area (Å²) in [6.07, 6.45) is 0. The normalized spacial score (nSPS) is 16.2. The SMILES string of the molecule is Cc1cccc([C@H](C)NC(C)C(C)C(=O)O)c1. The maximum atomic E-state index is 10.9. The molecule has 0 aliphatic heterocycles. The van der Waals surface area contributed by atoms with Gasteiger partial charge in [-0.1, -0.05) is 36.8 Å². The van der Waals surface area contributed by atoms with Gasteiger partial charge in [0.1, 0.15) is 0 Å². The van der Waals surface area contributed by atoms with Crippen molar-refractivity contribution in [2.24, 2.45) is 5.92 Å².